The third-order valence-electron chi connectivity index (χ3n) is 6.03. The predicted molar refractivity (Wildman–Crippen MR) is 132 cm³/mol. The molecule has 5 rings (SSSR count). The van der Waals surface area contributed by atoms with Crippen molar-refractivity contribution < 1.29 is 13.7 Å². The monoisotopic (exact) mass is 456 g/mol. The van der Waals surface area contributed by atoms with E-state index in [1.807, 2.05) is 53.6 Å². The summed E-state index contributed by atoms with van der Waals surface area (Å²) >= 11 is 0. The van der Waals surface area contributed by atoms with Crippen LogP contribution in [0.2, 0.25) is 0 Å². The van der Waals surface area contributed by atoms with Gasteiger partial charge >= 0.3 is 0 Å². The third kappa shape index (κ3) is 5.63. The van der Waals surface area contributed by atoms with Gasteiger partial charge in [-0.2, -0.15) is 9.83 Å². The lowest BCUT2D eigenvalue weighted by Gasteiger charge is -2.03. The molecule has 0 aliphatic carbocycles. The Morgan fingerprint density at radius 1 is 0.514 bits per heavy atom. The van der Waals surface area contributed by atoms with E-state index < -0.39 is 0 Å². The molecule has 168 valence electrons. The van der Waals surface area contributed by atoms with Crippen LogP contribution in [0.15, 0.2) is 122 Å². The first-order valence-corrected chi connectivity index (χ1v) is 11.6. The van der Waals surface area contributed by atoms with Crippen molar-refractivity contribution in [2.45, 2.75) is 19.6 Å². The number of aromatic nitrogens is 4. The van der Waals surface area contributed by atoms with Crippen LogP contribution in [0.5, 0.6) is 0 Å². The molecule has 35 heavy (non-hydrogen) atoms. The molecule has 0 amide bonds. The van der Waals surface area contributed by atoms with Crippen LogP contribution in [0, 0.1) is 11.3 Å². The summed E-state index contributed by atoms with van der Waals surface area (Å²) in [7, 11) is 0. The molecule has 0 unspecified atom stereocenters. The summed E-state index contributed by atoms with van der Waals surface area (Å²) in [6.45, 7) is 2.03. The second kappa shape index (κ2) is 10.5. The second-order valence-corrected chi connectivity index (χ2v) is 8.49. The van der Waals surface area contributed by atoms with Crippen LogP contribution in [-0.2, 0) is 19.6 Å². The predicted octanol–water partition coefficient (Wildman–Crippen LogP) is 3.90. The van der Waals surface area contributed by atoms with Gasteiger partial charge in [0.25, 0.3) is 0 Å². The molecule has 4 aromatic heterocycles. The zero-order valence-corrected chi connectivity index (χ0v) is 19.4. The average Bonchev–Trinajstić information content (AvgIpc) is 2.92. The van der Waals surface area contributed by atoms with Gasteiger partial charge in [0.15, 0.2) is 50.3 Å². The van der Waals surface area contributed by atoms with Crippen LogP contribution in [0.25, 0.3) is 22.3 Å². The maximum atomic E-state index is 8.81. The van der Waals surface area contributed by atoms with Crippen molar-refractivity contribution in [1.29, 1.82) is 5.26 Å². The van der Waals surface area contributed by atoms with E-state index in [1.54, 1.807) is 0 Å². The maximum Gasteiger partial charge on any atom is 0.233 e. The number of nitrogens with zero attached hydrogens (tertiary/aromatic N) is 5. The molecular weight excluding hydrogens is 430 g/mol. The number of nitriles is 1. The lowest BCUT2D eigenvalue weighted by Crippen LogP contribution is -2.34. The molecular formula is C30H26N5+3. The number of benzene rings is 1. The molecule has 5 nitrogen and oxygen atoms in total. The summed E-state index contributed by atoms with van der Waals surface area (Å²) in [5.74, 6) is 0. The van der Waals surface area contributed by atoms with Crippen LogP contribution >= 0.6 is 0 Å². The Morgan fingerprint density at radius 2 is 0.886 bits per heavy atom. The summed E-state index contributed by atoms with van der Waals surface area (Å²) in [6, 6.07) is 27.6. The van der Waals surface area contributed by atoms with E-state index in [0.29, 0.717) is 6.54 Å². The van der Waals surface area contributed by atoms with E-state index in [-0.39, 0.29) is 0 Å². The Bertz CT molecular complexity index is 1420. The second-order valence-electron chi connectivity index (χ2n) is 8.49. The van der Waals surface area contributed by atoms with E-state index in [4.69, 9.17) is 5.26 Å². The number of pyridine rings is 4. The Kier molecular flexibility index (Phi) is 6.63. The lowest BCUT2D eigenvalue weighted by molar-refractivity contribution is -0.688. The fraction of sp³-hybridized carbons (Fsp3) is 0.100. The first-order chi connectivity index (χ1) is 17.3. The smallest absolute Gasteiger partial charge is 0.233 e. The van der Waals surface area contributed by atoms with Gasteiger partial charge in [0.05, 0.1) is 0 Å². The van der Waals surface area contributed by atoms with Crippen LogP contribution < -0.4 is 13.7 Å². The van der Waals surface area contributed by atoms with Crippen molar-refractivity contribution in [1.82, 2.24) is 4.98 Å². The van der Waals surface area contributed by atoms with Gasteiger partial charge in [-0.3, -0.25) is 4.98 Å². The lowest BCUT2D eigenvalue weighted by atomic mass is 10.1. The minimum absolute atomic E-state index is 0.366. The molecule has 0 spiro atoms. The molecule has 0 atom stereocenters. The SMILES string of the molecule is N#CC[n+]1ccc(-c2cc[n+](Cc3ccc(C[n+]4ccc(-c5ccncc5)cc4)cc3)cc2)cc1. The zero-order valence-electron chi connectivity index (χ0n) is 19.4. The van der Waals surface area contributed by atoms with Crippen LogP contribution in [-0.4, -0.2) is 4.98 Å². The fourth-order valence-corrected chi connectivity index (χ4v) is 4.06. The molecule has 0 N–H and O–H groups in total. The van der Waals surface area contributed by atoms with Crippen LogP contribution in [0.1, 0.15) is 11.1 Å². The van der Waals surface area contributed by atoms with Gasteiger partial charge in [0.1, 0.15) is 6.07 Å². The Balaban J connectivity index is 1.19. The van der Waals surface area contributed by atoms with Gasteiger partial charge in [-0.15, -0.1) is 0 Å². The Hall–Kier alpha value is -4.69. The van der Waals surface area contributed by atoms with E-state index >= 15 is 0 Å². The van der Waals surface area contributed by atoms with Gasteiger partial charge in [-0.25, -0.2) is 9.13 Å². The van der Waals surface area contributed by atoms with E-state index in [2.05, 4.69) is 93.5 Å². The average molecular weight is 457 g/mol. The van der Waals surface area contributed by atoms with Gasteiger partial charge < -0.3 is 0 Å². The summed E-state index contributed by atoms with van der Waals surface area (Å²) in [6.07, 6.45) is 16.0. The molecule has 0 saturated carbocycles. The molecule has 0 bridgehead atoms. The van der Waals surface area contributed by atoms with E-state index in [1.165, 1.54) is 22.3 Å². The maximum absolute atomic E-state index is 8.81. The van der Waals surface area contributed by atoms with Crippen LogP contribution in [0.4, 0.5) is 0 Å². The highest BCUT2D eigenvalue weighted by Crippen LogP contribution is 2.17. The standard InChI is InChI=1S/C30H26N5/c31-13-22-33-16-7-29(8-17-33)30-11-20-35(21-12-30)24-26-3-1-25(2-4-26)23-34-18-9-28(10-19-34)27-5-14-32-15-6-27/h1-12,14-21H,22-24H2/q+3. The fourth-order valence-electron chi connectivity index (χ4n) is 4.06. The topological polar surface area (TPSA) is 48.3 Å². The van der Waals surface area contributed by atoms with Gasteiger partial charge in [0.2, 0.25) is 6.54 Å². The quantitative estimate of drug-likeness (QED) is 0.349. The highest BCUT2D eigenvalue weighted by molar-refractivity contribution is 5.61. The first kappa shape index (κ1) is 22.1. The van der Waals surface area contributed by atoms with Gasteiger partial charge in [0, 0.05) is 59.9 Å². The molecule has 0 radical (unpaired) electrons. The van der Waals surface area contributed by atoms with E-state index in [9.17, 15) is 0 Å². The summed E-state index contributed by atoms with van der Waals surface area (Å²) in [4.78, 5) is 4.09. The van der Waals surface area contributed by atoms with E-state index in [0.717, 1.165) is 24.2 Å². The summed E-state index contributed by atoms with van der Waals surface area (Å²) in [5, 5.41) is 8.81. The molecule has 5 aromatic rings. The van der Waals surface area contributed by atoms with Crippen LogP contribution in [0.3, 0.4) is 0 Å². The summed E-state index contributed by atoms with van der Waals surface area (Å²) in [5.41, 5.74) is 7.21. The Morgan fingerprint density at radius 3 is 1.29 bits per heavy atom. The molecule has 4 heterocycles. The van der Waals surface area contributed by atoms with Crippen molar-refractivity contribution in [2.24, 2.45) is 0 Å². The summed E-state index contributed by atoms with van der Waals surface area (Å²) < 4.78 is 6.24. The van der Waals surface area contributed by atoms with Gasteiger partial charge in [-0.05, 0) is 34.4 Å². The minimum Gasteiger partial charge on any atom is -0.265 e. The molecule has 0 fully saturated rings. The Labute approximate surface area is 205 Å². The highest BCUT2D eigenvalue weighted by atomic mass is 14.9. The van der Waals surface area contributed by atoms with Crippen molar-refractivity contribution in [3.63, 3.8) is 0 Å². The molecule has 0 aliphatic heterocycles. The highest BCUT2D eigenvalue weighted by Gasteiger charge is 2.08. The van der Waals surface area contributed by atoms with Crippen molar-refractivity contribution >= 4 is 0 Å². The van der Waals surface area contributed by atoms with Gasteiger partial charge in [-0.1, -0.05) is 24.3 Å². The number of rotatable bonds is 7. The zero-order chi connectivity index (χ0) is 23.9. The number of hydrogen-bond acceptors (Lipinski definition) is 2. The minimum atomic E-state index is 0.366. The third-order valence-corrected chi connectivity index (χ3v) is 6.03. The molecule has 1 aromatic carbocycles. The molecule has 0 saturated heterocycles. The number of hydrogen-bond donors (Lipinski definition) is 0. The molecule has 5 heteroatoms. The molecule has 0 aliphatic rings. The van der Waals surface area contributed by atoms with Crippen molar-refractivity contribution in [3.8, 4) is 28.3 Å². The first-order valence-electron chi connectivity index (χ1n) is 11.6. The van der Waals surface area contributed by atoms with Crippen molar-refractivity contribution in [3.05, 3.63) is 133 Å². The normalized spacial score (nSPS) is 10.6. The largest absolute Gasteiger partial charge is 0.265 e. The van der Waals surface area contributed by atoms with Crippen molar-refractivity contribution in [2.75, 3.05) is 0 Å².